The van der Waals surface area contributed by atoms with Gasteiger partial charge in [-0.15, -0.1) is 0 Å². The van der Waals surface area contributed by atoms with Crippen molar-refractivity contribution < 1.29 is 9.84 Å². The van der Waals surface area contributed by atoms with E-state index in [4.69, 9.17) is 5.11 Å². The van der Waals surface area contributed by atoms with Crippen LogP contribution in [0.15, 0.2) is 25.7 Å². The van der Waals surface area contributed by atoms with Gasteiger partial charge in [-0.2, -0.15) is 0 Å². The van der Waals surface area contributed by atoms with Crippen LogP contribution in [0.1, 0.15) is 19.8 Å². The van der Waals surface area contributed by atoms with Crippen LogP contribution in [0.4, 0.5) is 0 Å². The van der Waals surface area contributed by atoms with Gasteiger partial charge in [-0.05, 0) is 6.42 Å². The predicted octanol–water partition coefficient (Wildman–Crippen LogP) is 2.07. The van der Waals surface area contributed by atoms with E-state index in [1.54, 1.807) is 0 Å². The van der Waals surface area contributed by atoms with Crippen molar-refractivity contribution >= 4 is 0 Å². The molecule has 0 aromatic carbocycles. The van der Waals surface area contributed by atoms with Crippen LogP contribution in [0.5, 0.6) is 0 Å². The van der Waals surface area contributed by atoms with Crippen LogP contribution in [-0.4, -0.2) is 11.7 Å². The Kier molecular flexibility index (Phi) is 18.8. The van der Waals surface area contributed by atoms with Crippen LogP contribution in [0.2, 0.25) is 0 Å². The first-order valence-electron chi connectivity index (χ1n) is 3.31. The zero-order valence-electron chi connectivity index (χ0n) is 6.55. The van der Waals surface area contributed by atoms with E-state index < -0.39 is 0 Å². The number of hydrogen-bond acceptors (Lipinski definition) is 2. The van der Waals surface area contributed by atoms with E-state index in [2.05, 4.69) is 24.8 Å². The van der Waals surface area contributed by atoms with Gasteiger partial charge in [0.05, 0.1) is 12.5 Å². The molecule has 0 amide bonds. The van der Waals surface area contributed by atoms with Crippen molar-refractivity contribution in [3.8, 4) is 0 Å². The average molecular weight is 144 g/mol. The molecule has 0 rings (SSSR count). The first-order chi connectivity index (χ1) is 4.83. The molecule has 0 aliphatic carbocycles. The van der Waals surface area contributed by atoms with Crippen LogP contribution in [0, 0.1) is 0 Å². The summed E-state index contributed by atoms with van der Waals surface area (Å²) in [5, 5.41) is 8.07. The molecule has 0 spiro atoms. The second-order valence-corrected chi connectivity index (χ2v) is 1.55. The molecule has 10 heavy (non-hydrogen) atoms. The topological polar surface area (TPSA) is 29.5 Å². The summed E-state index contributed by atoms with van der Waals surface area (Å²) in [4.78, 5) is 0. The van der Waals surface area contributed by atoms with Crippen LogP contribution in [-0.2, 0) is 4.74 Å². The Balaban J connectivity index is 0. The lowest BCUT2D eigenvalue weighted by molar-refractivity contribution is 0.287. The van der Waals surface area contributed by atoms with E-state index in [1.807, 2.05) is 0 Å². The third-order valence-electron chi connectivity index (χ3n) is 0.704. The lowest BCUT2D eigenvalue weighted by Crippen LogP contribution is -1.75. The minimum Gasteiger partial charge on any atom is -0.474 e. The first kappa shape index (κ1) is 12.0. The highest BCUT2D eigenvalue weighted by Gasteiger charge is 1.69. The van der Waals surface area contributed by atoms with Gasteiger partial charge in [0.2, 0.25) is 0 Å². The SMILES string of the molecule is C=COC=C.CCCCO. The number of hydrogen-bond donors (Lipinski definition) is 1. The van der Waals surface area contributed by atoms with Gasteiger partial charge < -0.3 is 9.84 Å². The Bertz CT molecular complexity index is 61.7. The summed E-state index contributed by atoms with van der Waals surface area (Å²) in [5.41, 5.74) is 0. The normalized spacial score (nSPS) is 7.00. The molecule has 0 radical (unpaired) electrons. The Labute approximate surface area is 62.8 Å². The summed E-state index contributed by atoms with van der Waals surface area (Å²) in [6, 6.07) is 0. The van der Waals surface area contributed by atoms with Crippen LogP contribution in [0.3, 0.4) is 0 Å². The second-order valence-electron chi connectivity index (χ2n) is 1.55. The molecule has 60 valence electrons. The number of unbranched alkanes of at least 4 members (excludes halogenated alkanes) is 1. The molecule has 2 nitrogen and oxygen atoms in total. The van der Waals surface area contributed by atoms with Gasteiger partial charge in [0, 0.05) is 6.61 Å². The lowest BCUT2D eigenvalue weighted by Gasteiger charge is -1.79. The third kappa shape index (κ3) is 26.9. The Hall–Kier alpha value is -0.760. The standard InChI is InChI=1S/C4H6O.C4H10O/c1-3-5-4-2;1-2-3-4-5/h3-4H,1-2H2;5H,2-4H2,1H3. The van der Waals surface area contributed by atoms with Gasteiger partial charge in [-0.25, -0.2) is 0 Å². The maximum Gasteiger partial charge on any atom is 0.0829 e. The summed E-state index contributed by atoms with van der Waals surface area (Å²) in [7, 11) is 0. The summed E-state index contributed by atoms with van der Waals surface area (Å²) >= 11 is 0. The third-order valence-corrected chi connectivity index (χ3v) is 0.704. The van der Waals surface area contributed by atoms with Gasteiger partial charge in [0.25, 0.3) is 0 Å². The van der Waals surface area contributed by atoms with Gasteiger partial charge in [0.15, 0.2) is 0 Å². The van der Waals surface area contributed by atoms with Crippen LogP contribution in [0.25, 0.3) is 0 Å². The molecule has 2 heteroatoms. The predicted molar refractivity (Wildman–Crippen MR) is 43.5 cm³/mol. The minimum absolute atomic E-state index is 0.344. The zero-order chi connectivity index (χ0) is 8.24. The molecule has 0 atom stereocenters. The molecular weight excluding hydrogens is 128 g/mol. The maximum atomic E-state index is 8.07. The molecule has 0 saturated heterocycles. The molecule has 0 aromatic heterocycles. The van der Waals surface area contributed by atoms with E-state index in [9.17, 15) is 0 Å². The van der Waals surface area contributed by atoms with Crippen LogP contribution < -0.4 is 0 Å². The minimum atomic E-state index is 0.344. The molecule has 0 unspecified atom stereocenters. The first-order valence-corrected chi connectivity index (χ1v) is 3.31. The highest BCUT2D eigenvalue weighted by Crippen LogP contribution is 1.78. The van der Waals surface area contributed by atoms with E-state index >= 15 is 0 Å². The summed E-state index contributed by atoms with van der Waals surface area (Å²) < 4.78 is 4.36. The monoisotopic (exact) mass is 144 g/mol. The van der Waals surface area contributed by atoms with E-state index in [0.29, 0.717) is 6.61 Å². The fourth-order valence-corrected chi connectivity index (χ4v) is 0.226. The number of rotatable bonds is 4. The molecule has 0 fully saturated rings. The maximum absolute atomic E-state index is 8.07. The Morgan fingerprint density at radius 2 is 1.90 bits per heavy atom. The van der Waals surface area contributed by atoms with Crippen molar-refractivity contribution in [1.82, 2.24) is 0 Å². The summed E-state index contributed by atoms with van der Waals surface area (Å²) in [6.07, 6.45) is 4.66. The van der Waals surface area contributed by atoms with Crippen molar-refractivity contribution in [1.29, 1.82) is 0 Å². The number of aliphatic hydroxyl groups is 1. The van der Waals surface area contributed by atoms with E-state index in [0.717, 1.165) is 12.8 Å². The van der Waals surface area contributed by atoms with Crippen molar-refractivity contribution in [2.24, 2.45) is 0 Å². The van der Waals surface area contributed by atoms with Gasteiger partial charge >= 0.3 is 0 Å². The van der Waals surface area contributed by atoms with Crippen LogP contribution >= 0.6 is 0 Å². The fraction of sp³-hybridized carbons (Fsp3) is 0.500. The Morgan fingerprint density at radius 1 is 1.40 bits per heavy atom. The van der Waals surface area contributed by atoms with E-state index in [-0.39, 0.29) is 0 Å². The van der Waals surface area contributed by atoms with E-state index in [1.165, 1.54) is 12.5 Å². The van der Waals surface area contributed by atoms with Gasteiger partial charge in [-0.3, -0.25) is 0 Å². The van der Waals surface area contributed by atoms with Crippen molar-refractivity contribution in [3.63, 3.8) is 0 Å². The van der Waals surface area contributed by atoms with Crippen molar-refractivity contribution in [2.45, 2.75) is 19.8 Å². The quantitative estimate of drug-likeness (QED) is 0.612. The fourth-order valence-electron chi connectivity index (χ4n) is 0.226. The summed E-state index contributed by atoms with van der Waals surface area (Å²) in [6.45, 7) is 8.91. The largest absolute Gasteiger partial charge is 0.474 e. The number of aliphatic hydroxyl groups excluding tert-OH is 1. The summed E-state index contributed by atoms with van der Waals surface area (Å²) in [5.74, 6) is 0. The molecular formula is C8H16O2. The number of ether oxygens (including phenoxy) is 1. The smallest absolute Gasteiger partial charge is 0.0829 e. The highest BCUT2D eigenvalue weighted by atomic mass is 16.5. The molecule has 0 aliphatic heterocycles. The molecule has 0 saturated carbocycles. The van der Waals surface area contributed by atoms with Crippen molar-refractivity contribution in [2.75, 3.05) is 6.61 Å². The highest BCUT2D eigenvalue weighted by molar-refractivity contribution is 4.57. The molecule has 1 N–H and O–H groups in total. The average Bonchev–Trinajstić information content (AvgIpc) is 1.93. The van der Waals surface area contributed by atoms with Gasteiger partial charge in [0.1, 0.15) is 0 Å². The van der Waals surface area contributed by atoms with Crippen molar-refractivity contribution in [3.05, 3.63) is 25.7 Å². The second kappa shape index (κ2) is 15.7. The molecule has 0 heterocycles. The molecule has 0 aromatic rings. The molecule has 0 aliphatic rings. The molecule has 0 bridgehead atoms. The van der Waals surface area contributed by atoms with Gasteiger partial charge in [-0.1, -0.05) is 26.5 Å². The zero-order valence-corrected chi connectivity index (χ0v) is 6.55. The Morgan fingerprint density at radius 3 is 1.90 bits per heavy atom. The lowest BCUT2D eigenvalue weighted by atomic mass is 10.4.